The summed E-state index contributed by atoms with van der Waals surface area (Å²) >= 11 is 12.3. The summed E-state index contributed by atoms with van der Waals surface area (Å²) in [5, 5.41) is 4.47. The van der Waals surface area contributed by atoms with E-state index in [4.69, 9.17) is 23.2 Å². The molecule has 16 heavy (non-hydrogen) atoms. The number of rotatable bonds is 3. The van der Waals surface area contributed by atoms with Crippen LogP contribution in [-0.2, 0) is 6.54 Å². The molecule has 0 spiro atoms. The Morgan fingerprint density at radius 1 is 1.50 bits per heavy atom. The lowest BCUT2D eigenvalue weighted by Gasteiger charge is -2.35. The van der Waals surface area contributed by atoms with E-state index in [1.54, 1.807) is 0 Å². The van der Waals surface area contributed by atoms with Crippen LogP contribution in [0.2, 0.25) is 10.2 Å². The summed E-state index contributed by atoms with van der Waals surface area (Å²) in [7, 11) is 2.08. The van der Waals surface area contributed by atoms with E-state index in [2.05, 4.69) is 22.2 Å². The van der Waals surface area contributed by atoms with Crippen LogP contribution in [0.25, 0.3) is 0 Å². The Balaban J connectivity index is 2.13. The highest BCUT2D eigenvalue weighted by Crippen LogP contribution is 2.25. The van der Waals surface area contributed by atoms with E-state index in [0.717, 1.165) is 30.9 Å². The number of likely N-dealkylation sites (N-methyl/N-ethyl adjacent to an activating group) is 1. The topological polar surface area (TPSA) is 28.2 Å². The maximum Gasteiger partial charge on any atom is 0.135 e. The van der Waals surface area contributed by atoms with Gasteiger partial charge in [-0.3, -0.25) is 4.90 Å². The van der Waals surface area contributed by atoms with Gasteiger partial charge in [0.2, 0.25) is 0 Å². The fourth-order valence-electron chi connectivity index (χ4n) is 1.73. The zero-order valence-corrected chi connectivity index (χ0v) is 10.9. The molecule has 88 valence electrons. The van der Waals surface area contributed by atoms with Crippen molar-refractivity contribution in [1.82, 2.24) is 15.2 Å². The molecular weight excluding hydrogens is 245 g/mol. The van der Waals surface area contributed by atoms with Gasteiger partial charge in [0, 0.05) is 42.0 Å². The van der Waals surface area contributed by atoms with E-state index in [-0.39, 0.29) is 0 Å². The van der Waals surface area contributed by atoms with E-state index in [9.17, 15) is 0 Å². The molecule has 1 aromatic rings. The van der Waals surface area contributed by atoms with Crippen LogP contribution in [0, 0.1) is 6.92 Å². The Labute approximate surface area is 106 Å². The van der Waals surface area contributed by atoms with Crippen LogP contribution in [0.1, 0.15) is 11.3 Å². The first-order valence-electron chi connectivity index (χ1n) is 5.30. The van der Waals surface area contributed by atoms with Crippen LogP contribution in [-0.4, -0.2) is 36.1 Å². The minimum Gasteiger partial charge on any atom is -0.314 e. The van der Waals surface area contributed by atoms with Crippen molar-refractivity contribution in [2.24, 2.45) is 0 Å². The molecule has 1 fully saturated rings. The van der Waals surface area contributed by atoms with Crippen molar-refractivity contribution in [3.63, 3.8) is 0 Å². The lowest BCUT2D eigenvalue weighted by Crippen LogP contribution is -2.55. The van der Waals surface area contributed by atoms with Crippen LogP contribution in [0.15, 0.2) is 6.07 Å². The summed E-state index contributed by atoms with van der Waals surface area (Å²) in [5.41, 5.74) is 1.77. The molecule has 0 aliphatic carbocycles. The van der Waals surface area contributed by atoms with Crippen molar-refractivity contribution in [2.75, 3.05) is 20.1 Å². The quantitative estimate of drug-likeness (QED) is 0.843. The summed E-state index contributed by atoms with van der Waals surface area (Å²) in [6, 6.07) is 2.43. The molecule has 1 aromatic heterocycles. The summed E-state index contributed by atoms with van der Waals surface area (Å²) in [4.78, 5) is 6.48. The van der Waals surface area contributed by atoms with E-state index in [0.29, 0.717) is 16.2 Å². The second kappa shape index (κ2) is 4.88. The molecule has 1 aliphatic rings. The lowest BCUT2D eigenvalue weighted by molar-refractivity contribution is 0.173. The molecule has 1 N–H and O–H groups in total. The maximum absolute atomic E-state index is 6.18. The van der Waals surface area contributed by atoms with E-state index in [1.165, 1.54) is 0 Å². The second-order valence-electron chi connectivity index (χ2n) is 4.24. The normalized spacial score (nSPS) is 16.6. The third-order valence-electron chi connectivity index (χ3n) is 2.94. The molecule has 0 atom stereocenters. The monoisotopic (exact) mass is 259 g/mol. The first-order valence-corrected chi connectivity index (χ1v) is 6.06. The van der Waals surface area contributed by atoms with Crippen LogP contribution in [0.5, 0.6) is 0 Å². The molecule has 2 heterocycles. The van der Waals surface area contributed by atoms with Gasteiger partial charge in [0.25, 0.3) is 0 Å². The summed E-state index contributed by atoms with van der Waals surface area (Å²) in [5.74, 6) is 0. The van der Waals surface area contributed by atoms with Crippen LogP contribution in [0.3, 0.4) is 0 Å². The first kappa shape index (κ1) is 12.1. The van der Waals surface area contributed by atoms with Gasteiger partial charge in [-0.05, 0) is 20.0 Å². The van der Waals surface area contributed by atoms with E-state index >= 15 is 0 Å². The van der Waals surface area contributed by atoms with Gasteiger partial charge < -0.3 is 5.32 Å². The van der Waals surface area contributed by atoms with Crippen molar-refractivity contribution in [3.8, 4) is 0 Å². The van der Waals surface area contributed by atoms with Gasteiger partial charge in [0.1, 0.15) is 5.15 Å². The fraction of sp³-hybridized carbons (Fsp3) is 0.545. The molecule has 0 radical (unpaired) electrons. The van der Waals surface area contributed by atoms with Gasteiger partial charge in [-0.2, -0.15) is 0 Å². The van der Waals surface area contributed by atoms with Gasteiger partial charge >= 0.3 is 0 Å². The predicted octanol–water partition coefficient (Wildman–Crippen LogP) is 2.10. The molecule has 0 amide bonds. The highest BCUT2D eigenvalue weighted by atomic mass is 35.5. The minimum atomic E-state index is 0.518. The van der Waals surface area contributed by atoms with Crippen molar-refractivity contribution in [3.05, 3.63) is 27.5 Å². The van der Waals surface area contributed by atoms with Crippen LogP contribution in [0.4, 0.5) is 0 Å². The third-order valence-corrected chi connectivity index (χ3v) is 3.59. The zero-order chi connectivity index (χ0) is 11.7. The average molecular weight is 260 g/mol. The molecular formula is C11H15Cl2N3. The molecule has 0 bridgehead atoms. The van der Waals surface area contributed by atoms with Crippen LogP contribution < -0.4 is 5.32 Å². The molecule has 1 saturated heterocycles. The molecule has 0 saturated carbocycles. The van der Waals surface area contributed by atoms with Gasteiger partial charge in [0.05, 0.1) is 0 Å². The number of nitrogens with zero attached hydrogens (tertiary/aromatic N) is 2. The van der Waals surface area contributed by atoms with Crippen molar-refractivity contribution >= 4 is 23.2 Å². The number of halogens is 2. The Morgan fingerprint density at radius 3 is 2.69 bits per heavy atom. The number of pyridine rings is 1. The Hall–Kier alpha value is -0.350. The maximum atomic E-state index is 6.18. The molecule has 5 heteroatoms. The largest absolute Gasteiger partial charge is 0.314 e. The third kappa shape index (κ3) is 2.48. The predicted molar refractivity (Wildman–Crippen MR) is 67.1 cm³/mol. The van der Waals surface area contributed by atoms with Gasteiger partial charge in [-0.25, -0.2) is 4.98 Å². The molecule has 0 unspecified atom stereocenters. The van der Waals surface area contributed by atoms with Crippen LogP contribution >= 0.6 is 23.2 Å². The number of hydrogen-bond donors (Lipinski definition) is 1. The van der Waals surface area contributed by atoms with E-state index in [1.807, 2.05) is 13.0 Å². The first-order chi connectivity index (χ1) is 7.58. The Morgan fingerprint density at radius 2 is 2.19 bits per heavy atom. The highest BCUT2D eigenvalue weighted by molar-refractivity contribution is 6.35. The lowest BCUT2D eigenvalue weighted by atomic mass is 10.1. The number of aryl methyl sites for hydroxylation is 1. The van der Waals surface area contributed by atoms with Gasteiger partial charge in [-0.15, -0.1) is 0 Å². The van der Waals surface area contributed by atoms with Crippen molar-refractivity contribution < 1.29 is 0 Å². The van der Waals surface area contributed by atoms with Gasteiger partial charge in [0.15, 0.2) is 0 Å². The second-order valence-corrected chi connectivity index (χ2v) is 5.01. The van der Waals surface area contributed by atoms with E-state index < -0.39 is 0 Å². The zero-order valence-electron chi connectivity index (χ0n) is 9.43. The molecule has 1 aliphatic heterocycles. The highest BCUT2D eigenvalue weighted by Gasteiger charge is 2.22. The van der Waals surface area contributed by atoms with Crippen molar-refractivity contribution in [1.29, 1.82) is 0 Å². The minimum absolute atomic E-state index is 0.518. The van der Waals surface area contributed by atoms with Gasteiger partial charge in [-0.1, -0.05) is 23.2 Å². The standard InChI is InChI=1S/C11H15Cl2N3/c1-7-3-10(12)9(11(13)15-7)6-16(2)8-4-14-5-8/h3,8,14H,4-6H2,1-2H3. The molecule has 3 nitrogen and oxygen atoms in total. The Kier molecular flexibility index (Phi) is 3.70. The Bertz CT molecular complexity index is 368. The number of hydrogen-bond acceptors (Lipinski definition) is 3. The van der Waals surface area contributed by atoms with Crippen molar-refractivity contribution in [2.45, 2.75) is 19.5 Å². The number of nitrogens with one attached hydrogen (secondary N) is 1. The SMILES string of the molecule is Cc1cc(Cl)c(CN(C)C2CNC2)c(Cl)n1. The average Bonchev–Trinajstić information content (AvgIpc) is 2.08. The molecule has 0 aromatic carbocycles. The molecule has 2 rings (SSSR count). The summed E-state index contributed by atoms with van der Waals surface area (Å²) in [6.45, 7) is 4.70. The summed E-state index contributed by atoms with van der Waals surface area (Å²) in [6.07, 6.45) is 0. The number of aromatic nitrogens is 1. The summed E-state index contributed by atoms with van der Waals surface area (Å²) < 4.78 is 0. The fourth-order valence-corrected chi connectivity index (χ4v) is 2.38. The smallest absolute Gasteiger partial charge is 0.135 e.